The Morgan fingerprint density at radius 2 is 1.63 bits per heavy atom. The Labute approximate surface area is 177 Å². The summed E-state index contributed by atoms with van der Waals surface area (Å²) in [6, 6.07) is 26.4. The second-order valence-corrected chi connectivity index (χ2v) is 7.99. The Morgan fingerprint density at radius 1 is 0.800 bits per heavy atom. The van der Waals surface area contributed by atoms with E-state index in [1.807, 2.05) is 0 Å². The van der Waals surface area contributed by atoms with Gasteiger partial charge in [0.1, 0.15) is 12.1 Å². The van der Waals surface area contributed by atoms with Crippen LogP contribution in [0.1, 0.15) is 24.0 Å². The molecule has 2 N–H and O–H groups in total. The van der Waals surface area contributed by atoms with E-state index in [0.29, 0.717) is 6.04 Å². The van der Waals surface area contributed by atoms with Gasteiger partial charge < -0.3 is 10.6 Å². The van der Waals surface area contributed by atoms with Crippen molar-refractivity contribution in [3.05, 3.63) is 90.3 Å². The molecule has 4 aromatic rings. The van der Waals surface area contributed by atoms with Crippen LogP contribution < -0.4 is 10.6 Å². The molecular weight excluding hydrogens is 368 g/mol. The lowest BCUT2D eigenvalue weighted by Crippen LogP contribution is -2.16. The van der Waals surface area contributed by atoms with Gasteiger partial charge in [0.2, 0.25) is 0 Å². The van der Waals surface area contributed by atoms with Gasteiger partial charge in [-0.15, -0.1) is 0 Å². The highest BCUT2D eigenvalue weighted by Crippen LogP contribution is 2.30. The third-order valence-corrected chi connectivity index (χ3v) is 5.58. The van der Waals surface area contributed by atoms with Gasteiger partial charge in [-0.1, -0.05) is 54.6 Å². The zero-order valence-electron chi connectivity index (χ0n) is 17.0. The number of anilines is 1. The van der Waals surface area contributed by atoms with Crippen LogP contribution >= 0.6 is 0 Å². The van der Waals surface area contributed by atoms with Gasteiger partial charge in [0.25, 0.3) is 0 Å². The lowest BCUT2D eigenvalue weighted by atomic mass is 10.0. The smallest absolute Gasteiger partial charge is 0.137 e. The third kappa shape index (κ3) is 4.50. The van der Waals surface area contributed by atoms with Crippen molar-refractivity contribution in [2.75, 3.05) is 11.9 Å². The molecule has 0 saturated heterocycles. The Balaban J connectivity index is 1.30. The van der Waals surface area contributed by atoms with Crippen LogP contribution in [0.25, 0.3) is 22.0 Å². The van der Waals surface area contributed by atoms with Crippen molar-refractivity contribution in [1.82, 2.24) is 15.3 Å². The second kappa shape index (κ2) is 8.64. The fourth-order valence-electron chi connectivity index (χ4n) is 3.74. The summed E-state index contributed by atoms with van der Waals surface area (Å²) in [6.07, 6.45) is 5.14. The van der Waals surface area contributed by atoms with Crippen LogP contribution in [0, 0.1) is 0 Å². The fourth-order valence-corrected chi connectivity index (χ4v) is 3.74. The minimum atomic E-state index is 0.567. The molecule has 5 rings (SSSR count). The van der Waals surface area contributed by atoms with Crippen molar-refractivity contribution in [3.8, 4) is 11.1 Å². The molecule has 0 amide bonds. The zero-order valence-corrected chi connectivity index (χ0v) is 17.0. The van der Waals surface area contributed by atoms with E-state index >= 15 is 0 Å². The van der Waals surface area contributed by atoms with Crippen molar-refractivity contribution in [2.45, 2.75) is 31.8 Å². The van der Waals surface area contributed by atoms with Gasteiger partial charge in [-0.3, -0.25) is 0 Å². The first-order chi connectivity index (χ1) is 14.8. The van der Waals surface area contributed by atoms with Crippen molar-refractivity contribution in [1.29, 1.82) is 0 Å². The molecule has 30 heavy (non-hydrogen) atoms. The van der Waals surface area contributed by atoms with Gasteiger partial charge in [-0.2, -0.15) is 0 Å². The predicted octanol–water partition coefficient (Wildman–Crippen LogP) is 5.20. The van der Waals surface area contributed by atoms with E-state index in [0.717, 1.165) is 36.2 Å². The summed E-state index contributed by atoms with van der Waals surface area (Å²) < 4.78 is 0. The normalized spacial score (nSPS) is 13.5. The number of hydrogen-bond acceptors (Lipinski definition) is 4. The van der Waals surface area contributed by atoms with E-state index in [1.165, 1.54) is 35.1 Å². The monoisotopic (exact) mass is 394 g/mol. The van der Waals surface area contributed by atoms with Crippen molar-refractivity contribution in [2.24, 2.45) is 0 Å². The molecule has 1 saturated carbocycles. The van der Waals surface area contributed by atoms with Gasteiger partial charge in [0.15, 0.2) is 0 Å². The van der Waals surface area contributed by atoms with E-state index in [1.54, 1.807) is 6.33 Å². The topological polar surface area (TPSA) is 49.8 Å². The number of nitrogens with one attached hydrogen (secondary N) is 2. The maximum Gasteiger partial charge on any atom is 0.137 e. The summed E-state index contributed by atoms with van der Waals surface area (Å²) in [5.41, 5.74) is 6.06. The molecule has 150 valence electrons. The zero-order chi connectivity index (χ0) is 20.2. The molecule has 1 fully saturated rings. The van der Waals surface area contributed by atoms with Crippen molar-refractivity contribution < 1.29 is 0 Å². The molecule has 3 aromatic carbocycles. The first kappa shape index (κ1) is 18.8. The average Bonchev–Trinajstić information content (AvgIpc) is 3.62. The van der Waals surface area contributed by atoms with Crippen LogP contribution in [-0.2, 0) is 13.0 Å². The summed E-state index contributed by atoms with van der Waals surface area (Å²) in [4.78, 5) is 8.92. The number of hydrogen-bond donors (Lipinski definition) is 2. The fraction of sp³-hybridized carbons (Fsp3) is 0.231. The summed E-state index contributed by atoms with van der Waals surface area (Å²) in [5, 5.41) is 8.19. The molecule has 1 aromatic heterocycles. The number of rotatable bonds is 8. The van der Waals surface area contributed by atoms with Gasteiger partial charge in [0, 0.05) is 18.0 Å². The lowest BCUT2D eigenvalue weighted by molar-refractivity contribution is 0.687. The molecule has 0 spiro atoms. The molecule has 0 atom stereocenters. The van der Waals surface area contributed by atoms with Crippen molar-refractivity contribution in [3.63, 3.8) is 0 Å². The maximum atomic E-state index is 4.48. The number of nitrogens with zero attached hydrogens (tertiary/aromatic N) is 2. The molecule has 0 unspecified atom stereocenters. The minimum Gasteiger partial charge on any atom is -0.367 e. The van der Waals surface area contributed by atoms with Gasteiger partial charge in [-0.05, 0) is 66.3 Å². The molecule has 4 nitrogen and oxygen atoms in total. The molecular formula is C26H26N4. The van der Waals surface area contributed by atoms with E-state index < -0.39 is 0 Å². The van der Waals surface area contributed by atoms with Crippen LogP contribution in [0.4, 0.5) is 5.82 Å². The predicted molar refractivity (Wildman–Crippen MR) is 123 cm³/mol. The highest BCUT2D eigenvalue weighted by Gasteiger charge is 2.22. The standard InChI is InChI=1S/C26H26N4/c1-2-5-19(6-3-1)13-14-27-17-20-7-4-8-21(15-20)22-9-12-25-24(16-22)26(29-18-28-25)30-23-10-11-23/h1-9,12,15-16,18,23,27H,10-11,13-14,17H2,(H,28,29,30). The highest BCUT2D eigenvalue weighted by molar-refractivity contribution is 5.92. The summed E-state index contributed by atoms with van der Waals surface area (Å²) in [7, 11) is 0. The van der Waals surface area contributed by atoms with Crippen LogP contribution in [0.5, 0.6) is 0 Å². The van der Waals surface area contributed by atoms with Crippen molar-refractivity contribution >= 4 is 16.7 Å². The Hall–Kier alpha value is -3.24. The SMILES string of the molecule is c1ccc(CCNCc2cccc(-c3ccc4ncnc(NC5CC5)c4c3)c2)cc1. The summed E-state index contributed by atoms with van der Waals surface area (Å²) in [5.74, 6) is 0.947. The highest BCUT2D eigenvalue weighted by atomic mass is 15.1. The Morgan fingerprint density at radius 3 is 2.50 bits per heavy atom. The largest absolute Gasteiger partial charge is 0.367 e. The molecule has 4 heteroatoms. The molecule has 1 aliphatic carbocycles. The molecule has 0 aliphatic heterocycles. The molecule has 0 radical (unpaired) electrons. The molecule has 0 bridgehead atoms. The van der Waals surface area contributed by atoms with Gasteiger partial charge in [-0.25, -0.2) is 9.97 Å². The third-order valence-electron chi connectivity index (χ3n) is 5.58. The van der Waals surface area contributed by atoms with Crippen LogP contribution in [0.3, 0.4) is 0 Å². The summed E-state index contributed by atoms with van der Waals surface area (Å²) in [6.45, 7) is 1.84. The van der Waals surface area contributed by atoms with E-state index in [2.05, 4.69) is 93.4 Å². The number of aromatic nitrogens is 2. The van der Waals surface area contributed by atoms with E-state index in [4.69, 9.17) is 0 Å². The van der Waals surface area contributed by atoms with Crippen LogP contribution in [-0.4, -0.2) is 22.6 Å². The first-order valence-corrected chi connectivity index (χ1v) is 10.7. The second-order valence-electron chi connectivity index (χ2n) is 7.99. The average molecular weight is 395 g/mol. The lowest BCUT2D eigenvalue weighted by Gasteiger charge is -2.10. The quantitative estimate of drug-likeness (QED) is 0.403. The Bertz CT molecular complexity index is 1140. The minimum absolute atomic E-state index is 0.567. The Kier molecular flexibility index (Phi) is 5.40. The van der Waals surface area contributed by atoms with E-state index in [9.17, 15) is 0 Å². The maximum absolute atomic E-state index is 4.48. The van der Waals surface area contributed by atoms with E-state index in [-0.39, 0.29) is 0 Å². The van der Waals surface area contributed by atoms with Gasteiger partial charge in [0.05, 0.1) is 5.52 Å². The molecule has 1 heterocycles. The summed E-state index contributed by atoms with van der Waals surface area (Å²) >= 11 is 0. The first-order valence-electron chi connectivity index (χ1n) is 10.7. The van der Waals surface area contributed by atoms with Crippen LogP contribution in [0.2, 0.25) is 0 Å². The number of benzene rings is 3. The number of fused-ring (bicyclic) bond motifs is 1. The van der Waals surface area contributed by atoms with Crippen LogP contribution in [0.15, 0.2) is 79.1 Å². The van der Waals surface area contributed by atoms with Gasteiger partial charge >= 0.3 is 0 Å². The molecule has 1 aliphatic rings.